The molecule has 0 heterocycles. The van der Waals surface area contributed by atoms with E-state index in [4.69, 9.17) is 7.85 Å². The molecule has 1 aromatic rings. The highest BCUT2D eigenvalue weighted by molar-refractivity contribution is 7.98. The predicted octanol–water partition coefficient (Wildman–Crippen LogP) is 4.08. The molecule has 1 rings (SSSR count). The van der Waals surface area contributed by atoms with Gasteiger partial charge in [0.1, 0.15) is 5.82 Å². The van der Waals surface area contributed by atoms with Crippen LogP contribution in [0.25, 0.3) is 0 Å². The standard InChI is InChI=1S/C10H10BF3S.C2H6/c1-3-5-6(4-11)7(12)9(14)10(15-2)8(5)13;1-2/h3-4H2,1-2H3;1-2H3. The lowest BCUT2D eigenvalue weighted by molar-refractivity contribution is 0.455. The Labute approximate surface area is 106 Å². The van der Waals surface area contributed by atoms with E-state index in [1.165, 1.54) is 6.26 Å². The van der Waals surface area contributed by atoms with Gasteiger partial charge in [-0.05, 0) is 23.8 Å². The van der Waals surface area contributed by atoms with Gasteiger partial charge in [-0.3, -0.25) is 0 Å². The monoisotopic (exact) mass is 260 g/mol. The van der Waals surface area contributed by atoms with Gasteiger partial charge in [-0.1, -0.05) is 27.1 Å². The van der Waals surface area contributed by atoms with Crippen LogP contribution in [-0.4, -0.2) is 14.1 Å². The fourth-order valence-electron chi connectivity index (χ4n) is 1.49. The minimum Gasteiger partial charge on any atom is -0.205 e. The number of halogens is 3. The van der Waals surface area contributed by atoms with Gasteiger partial charge >= 0.3 is 0 Å². The van der Waals surface area contributed by atoms with Crippen molar-refractivity contribution in [2.75, 3.05) is 6.26 Å². The van der Waals surface area contributed by atoms with Crippen LogP contribution in [0.5, 0.6) is 0 Å². The van der Waals surface area contributed by atoms with E-state index in [1.807, 2.05) is 13.8 Å². The van der Waals surface area contributed by atoms with Gasteiger partial charge in [0.25, 0.3) is 0 Å². The normalized spacial score (nSPS) is 9.82. The Hall–Kier alpha value is -0.575. The molecule has 0 N–H and O–H groups in total. The lowest BCUT2D eigenvalue weighted by Crippen LogP contribution is -2.07. The predicted molar refractivity (Wildman–Crippen MR) is 68.3 cm³/mol. The second-order valence-electron chi connectivity index (χ2n) is 2.99. The van der Waals surface area contributed by atoms with Crippen molar-refractivity contribution in [1.29, 1.82) is 0 Å². The van der Waals surface area contributed by atoms with Gasteiger partial charge in [-0.2, -0.15) is 0 Å². The molecule has 2 radical (unpaired) electrons. The van der Waals surface area contributed by atoms with Crippen LogP contribution in [0, 0.1) is 17.5 Å². The molecule has 0 atom stereocenters. The molecular formula is C12H16BF3S. The number of thioether (sulfide) groups is 1. The number of hydrogen-bond acceptors (Lipinski definition) is 1. The van der Waals surface area contributed by atoms with Crippen molar-refractivity contribution in [3.63, 3.8) is 0 Å². The first kappa shape index (κ1) is 16.4. The van der Waals surface area contributed by atoms with E-state index >= 15 is 0 Å². The third-order valence-corrected chi connectivity index (χ3v) is 3.01. The van der Waals surface area contributed by atoms with Gasteiger partial charge in [0, 0.05) is 0 Å². The molecule has 0 aromatic heterocycles. The fraction of sp³-hybridized carbons (Fsp3) is 0.500. The first-order valence-corrected chi connectivity index (χ1v) is 6.73. The Morgan fingerprint density at radius 2 is 1.53 bits per heavy atom. The number of hydrogen-bond donors (Lipinski definition) is 0. The SMILES string of the molecule is CC.[B]Cc1c(F)c(F)c(SC)c(F)c1CC. The summed E-state index contributed by atoms with van der Waals surface area (Å²) in [7, 11) is 5.28. The zero-order chi connectivity index (χ0) is 13.6. The largest absolute Gasteiger partial charge is 0.205 e. The molecule has 0 fully saturated rings. The molecule has 94 valence electrons. The summed E-state index contributed by atoms with van der Waals surface area (Å²) < 4.78 is 40.5. The lowest BCUT2D eigenvalue weighted by atomic mass is 9.91. The molecule has 0 nitrogen and oxygen atoms in total. The van der Waals surface area contributed by atoms with E-state index < -0.39 is 17.5 Å². The van der Waals surface area contributed by atoms with Crippen LogP contribution in [-0.2, 0) is 12.7 Å². The summed E-state index contributed by atoms with van der Waals surface area (Å²) in [5.41, 5.74) is 0.103. The van der Waals surface area contributed by atoms with Crippen molar-refractivity contribution >= 4 is 19.6 Å². The minimum atomic E-state index is -1.14. The third kappa shape index (κ3) is 3.21. The highest BCUT2D eigenvalue weighted by atomic mass is 32.2. The maximum atomic E-state index is 13.7. The molecule has 0 spiro atoms. The van der Waals surface area contributed by atoms with E-state index in [2.05, 4.69) is 0 Å². The van der Waals surface area contributed by atoms with E-state index in [-0.39, 0.29) is 22.3 Å². The average Bonchev–Trinajstić information content (AvgIpc) is 2.36. The molecule has 0 aliphatic heterocycles. The molecule has 0 unspecified atom stereocenters. The van der Waals surface area contributed by atoms with E-state index in [0.29, 0.717) is 6.42 Å². The van der Waals surface area contributed by atoms with Crippen molar-refractivity contribution in [2.45, 2.75) is 38.4 Å². The van der Waals surface area contributed by atoms with Crippen molar-refractivity contribution in [1.82, 2.24) is 0 Å². The van der Waals surface area contributed by atoms with Crippen LogP contribution in [0.3, 0.4) is 0 Å². The highest BCUT2D eigenvalue weighted by Crippen LogP contribution is 2.31. The molecule has 0 saturated heterocycles. The average molecular weight is 260 g/mol. The molecule has 17 heavy (non-hydrogen) atoms. The van der Waals surface area contributed by atoms with Crippen LogP contribution in [0.1, 0.15) is 31.9 Å². The van der Waals surface area contributed by atoms with Crippen molar-refractivity contribution < 1.29 is 13.2 Å². The summed E-state index contributed by atoms with van der Waals surface area (Å²) in [6, 6.07) is 0. The van der Waals surface area contributed by atoms with Crippen molar-refractivity contribution in [2.24, 2.45) is 0 Å². The zero-order valence-electron chi connectivity index (χ0n) is 10.5. The minimum absolute atomic E-state index is 0.0645. The molecule has 0 saturated carbocycles. The molecule has 1 aromatic carbocycles. The Morgan fingerprint density at radius 3 is 1.88 bits per heavy atom. The van der Waals surface area contributed by atoms with E-state index in [9.17, 15) is 13.2 Å². The summed E-state index contributed by atoms with van der Waals surface area (Å²) in [5, 5.41) is 0. The molecular weight excluding hydrogens is 244 g/mol. The Balaban J connectivity index is 0.00000121. The van der Waals surface area contributed by atoms with Gasteiger partial charge in [0.05, 0.1) is 12.7 Å². The van der Waals surface area contributed by atoms with Crippen LogP contribution < -0.4 is 0 Å². The Morgan fingerprint density at radius 1 is 1.00 bits per heavy atom. The maximum absolute atomic E-state index is 13.7. The molecule has 5 heteroatoms. The van der Waals surface area contributed by atoms with Crippen LogP contribution in [0.4, 0.5) is 13.2 Å². The summed E-state index contributed by atoms with van der Waals surface area (Å²) in [4.78, 5) is -0.276. The molecule has 0 aliphatic rings. The second kappa shape index (κ2) is 7.69. The summed E-state index contributed by atoms with van der Waals surface area (Å²) in [6.45, 7) is 5.68. The Bertz CT molecular complexity index is 381. The van der Waals surface area contributed by atoms with Crippen LogP contribution >= 0.6 is 11.8 Å². The molecule has 0 amide bonds. The third-order valence-electron chi connectivity index (χ3n) is 2.25. The maximum Gasteiger partial charge on any atom is 0.175 e. The highest BCUT2D eigenvalue weighted by Gasteiger charge is 2.22. The zero-order valence-corrected chi connectivity index (χ0v) is 11.4. The quantitative estimate of drug-likeness (QED) is 0.448. The smallest absolute Gasteiger partial charge is 0.175 e. The Kier molecular flexibility index (Phi) is 7.43. The molecule has 0 bridgehead atoms. The summed E-state index contributed by atoms with van der Waals surface area (Å²) in [6.07, 6.45) is 1.60. The molecule has 0 aliphatic carbocycles. The van der Waals surface area contributed by atoms with Gasteiger partial charge in [0.2, 0.25) is 0 Å². The summed E-state index contributed by atoms with van der Waals surface area (Å²) >= 11 is 0.854. The van der Waals surface area contributed by atoms with Crippen molar-refractivity contribution in [3.8, 4) is 0 Å². The second-order valence-corrected chi connectivity index (χ2v) is 3.81. The fourth-order valence-corrected chi connectivity index (χ4v) is 2.06. The van der Waals surface area contributed by atoms with Crippen molar-refractivity contribution in [3.05, 3.63) is 28.6 Å². The first-order chi connectivity index (χ1) is 8.08. The van der Waals surface area contributed by atoms with Gasteiger partial charge in [0.15, 0.2) is 11.6 Å². The van der Waals surface area contributed by atoms with Gasteiger partial charge in [-0.15, -0.1) is 11.8 Å². The van der Waals surface area contributed by atoms with Crippen LogP contribution in [0.2, 0.25) is 0 Å². The number of rotatable bonds is 3. The number of benzene rings is 1. The first-order valence-electron chi connectivity index (χ1n) is 5.50. The topological polar surface area (TPSA) is 0 Å². The van der Waals surface area contributed by atoms with Gasteiger partial charge < -0.3 is 0 Å². The van der Waals surface area contributed by atoms with Gasteiger partial charge in [-0.25, -0.2) is 13.2 Å². The van der Waals surface area contributed by atoms with E-state index in [1.54, 1.807) is 6.92 Å². The lowest BCUT2D eigenvalue weighted by Gasteiger charge is -2.13. The summed E-state index contributed by atoms with van der Waals surface area (Å²) in [5.74, 6) is -2.86. The van der Waals surface area contributed by atoms with Crippen LogP contribution in [0.15, 0.2) is 4.90 Å². The van der Waals surface area contributed by atoms with E-state index in [0.717, 1.165) is 11.8 Å².